The van der Waals surface area contributed by atoms with Crippen molar-refractivity contribution in [1.82, 2.24) is 15.0 Å². The minimum absolute atomic E-state index is 0.598. The molecular formula is C41H25N3O. The molecule has 9 rings (SSSR count). The second-order valence-corrected chi connectivity index (χ2v) is 11.3. The summed E-state index contributed by atoms with van der Waals surface area (Å²) in [4.78, 5) is 15.1. The van der Waals surface area contributed by atoms with Crippen LogP contribution in [0.5, 0.6) is 0 Å². The van der Waals surface area contributed by atoms with Gasteiger partial charge in [0.25, 0.3) is 0 Å². The Morgan fingerprint density at radius 3 is 1.60 bits per heavy atom. The summed E-state index contributed by atoms with van der Waals surface area (Å²) in [5, 5.41) is 6.83. The summed E-state index contributed by atoms with van der Waals surface area (Å²) in [5.41, 5.74) is 6.67. The van der Waals surface area contributed by atoms with Crippen molar-refractivity contribution in [2.45, 2.75) is 0 Å². The van der Waals surface area contributed by atoms with E-state index in [0.29, 0.717) is 17.5 Å². The summed E-state index contributed by atoms with van der Waals surface area (Å²) in [6, 6.07) is 52.3. The van der Waals surface area contributed by atoms with Crippen LogP contribution >= 0.6 is 0 Å². The fourth-order valence-corrected chi connectivity index (χ4v) is 6.16. The SMILES string of the molecule is c1ccc(-c2cccc(-c3nc(-c4ccc5ccccc5c4)nc(-c4ccc5c(c4)oc4cc6ccccc6cc45)n3)c2)cc1. The maximum absolute atomic E-state index is 6.39. The lowest BCUT2D eigenvalue weighted by Crippen LogP contribution is -2.00. The summed E-state index contributed by atoms with van der Waals surface area (Å²) >= 11 is 0. The van der Waals surface area contributed by atoms with Crippen LogP contribution in [-0.4, -0.2) is 15.0 Å². The molecule has 210 valence electrons. The number of furan rings is 1. The summed E-state index contributed by atoms with van der Waals surface area (Å²) in [5.74, 6) is 1.85. The molecule has 9 aromatic rings. The van der Waals surface area contributed by atoms with Crippen LogP contribution in [-0.2, 0) is 0 Å². The summed E-state index contributed by atoms with van der Waals surface area (Å²) in [6.45, 7) is 0. The van der Waals surface area contributed by atoms with E-state index >= 15 is 0 Å². The molecule has 0 aliphatic rings. The van der Waals surface area contributed by atoms with Gasteiger partial charge in [-0.3, -0.25) is 0 Å². The lowest BCUT2D eigenvalue weighted by molar-refractivity contribution is 0.669. The van der Waals surface area contributed by atoms with Gasteiger partial charge in [-0.2, -0.15) is 0 Å². The number of hydrogen-bond acceptors (Lipinski definition) is 4. The third-order valence-electron chi connectivity index (χ3n) is 8.47. The second kappa shape index (κ2) is 10.2. The van der Waals surface area contributed by atoms with Gasteiger partial charge in [0, 0.05) is 27.5 Å². The molecule has 0 N–H and O–H groups in total. The quantitative estimate of drug-likeness (QED) is 0.209. The molecule has 0 bridgehead atoms. The molecule has 2 heterocycles. The number of aromatic nitrogens is 3. The highest BCUT2D eigenvalue weighted by atomic mass is 16.3. The minimum Gasteiger partial charge on any atom is -0.456 e. The topological polar surface area (TPSA) is 51.8 Å². The van der Waals surface area contributed by atoms with E-state index in [0.717, 1.165) is 60.5 Å². The number of rotatable bonds is 4. The summed E-state index contributed by atoms with van der Waals surface area (Å²) in [6.07, 6.45) is 0. The zero-order valence-electron chi connectivity index (χ0n) is 24.2. The number of nitrogens with zero attached hydrogens (tertiary/aromatic N) is 3. The monoisotopic (exact) mass is 575 g/mol. The maximum atomic E-state index is 6.39. The van der Waals surface area contributed by atoms with Crippen molar-refractivity contribution >= 4 is 43.5 Å². The molecule has 0 aliphatic carbocycles. The van der Waals surface area contributed by atoms with Crippen molar-refractivity contribution in [2.24, 2.45) is 0 Å². The molecule has 7 aromatic carbocycles. The normalized spacial score (nSPS) is 11.6. The molecule has 0 fully saturated rings. The zero-order chi connectivity index (χ0) is 29.7. The van der Waals surface area contributed by atoms with Gasteiger partial charge >= 0.3 is 0 Å². The molecule has 0 saturated carbocycles. The molecule has 4 heteroatoms. The first-order valence-electron chi connectivity index (χ1n) is 15.0. The molecular weight excluding hydrogens is 550 g/mol. The average molecular weight is 576 g/mol. The fraction of sp³-hybridized carbons (Fsp3) is 0. The highest BCUT2D eigenvalue weighted by molar-refractivity contribution is 6.10. The van der Waals surface area contributed by atoms with E-state index in [-0.39, 0.29) is 0 Å². The molecule has 0 unspecified atom stereocenters. The number of fused-ring (bicyclic) bond motifs is 5. The first kappa shape index (κ1) is 25.4. The van der Waals surface area contributed by atoms with Crippen molar-refractivity contribution in [3.05, 3.63) is 152 Å². The molecule has 4 nitrogen and oxygen atoms in total. The lowest BCUT2D eigenvalue weighted by Gasteiger charge is -2.10. The third-order valence-corrected chi connectivity index (χ3v) is 8.47. The largest absolute Gasteiger partial charge is 0.456 e. The highest BCUT2D eigenvalue weighted by Crippen LogP contribution is 2.35. The van der Waals surface area contributed by atoms with Gasteiger partial charge in [-0.25, -0.2) is 15.0 Å². The number of benzene rings is 7. The molecule has 0 spiro atoms. The van der Waals surface area contributed by atoms with Crippen molar-refractivity contribution in [3.63, 3.8) is 0 Å². The van der Waals surface area contributed by atoms with E-state index in [4.69, 9.17) is 19.4 Å². The Morgan fingerprint density at radius 1 is 0.311 bits per heavy atom. The predicted molar refractivity (Wildman–Crippen MR) is 184 cm³/mol. The molecule has 0 amide bonds. The Kier molecular flexibility index (Phi) is 5.78. The van der Waals surface area contributed by atoms with Crippen molar-refractivity contribution < 1.29 is 4.42 Å². The molecule has 2 aromatic heterocycles. The van der Waals surface area contributed by atoms with Crippen molar-refractivity contribution in [3.8, 4) is 45.3 Å². The molecule has 0 aliphatic heterocycles. The molecule has 0 saturated heterocycles. The van der Waals surface area contributed by atoms with Crippen LogP contribution in [0.15, 0.2) is 156 Å². The van der Waals surface area contributed by atoms with Gasteiger partial charge in [-0.05, 0) is 69.1 Å². The van der Waals surface area contributed by atoms with E-state index in [9.17, 15) is 0 Å². The van der Waals surface area contributed by atoms with E-state index < -0.39 is 0 Å². The van der Waals surface area contributed by atoms with Gasteiger partial charge < -0.3 is 4.42 Å². The van der Waals surface area contributed by atoms with E-state index in [1.807, 2.05) is 12.1 Å². The third kappa shape index (κ3) is 4.52. The smallest absolute Gasteiger partial charge is 0.164 e. The summed E-state index contributed by atoms with van der Waals surface area (Å²) < 4.78 is 6.39. The van der Waals surface area contributed by atoms with Gasteiger partial charge in [0.1, 0.15) is 11.2 Å². The predicted octanol–water partition coefficient (Wildman–Crippen LogP) is 10.7. The van der Waals surface area contributed by atoms with Gasteiger partial charge in [0.2, 0.25) is 0 Å². The van der Waals surface area contributed by atoms with Crippen LogP contribution in [0.1, 0.15) is 0 Å². The van der Waals surface area contributed by atoms with Crippen LogP contribution in [0.25, 0.3) is 88.8 Å². The first-order valence-corrected chi connectivity index (χ1v) is 15.0. The standard InChI is InChI=1S/C41H25N3O/c1-2-9-26(10-3-1)29-15-8-16-32(21-29)39-42-40(33-18-17-27-11-4-5-12-28(27)22-33)44-41(43-39)34-19-20-35-36-23-30-13-6-7-14-31(30)24-38(36)45-37(35)25-34/h1-25H. The van der Waals surface area contributed by atoms with Crippen LogP contribution in [0, 0.1) is 0 Å². The van der Waals surface area contributed by atoms with Gasteiger partial charge in [0.05, 0.1) is 0 Å². The average Bonchev–Trinajstić information content (AvgIpc) is 3.47. The summed E-state index contributed by atoms with van der Waals surface area (Å²) in [7, 11) is 0. The Bertz CT molecular complexity index is 2550. The molecule has 0 radical (unpaired) electrons. The van der Waals surface area contributed by atoms with Crippen LogP contribution < -0.4 is 0 Å². The lowest BCUT2D eigenvalue weighted by atomic mass is 10.0. The highest BCUT2D eigenvalue weighted by Gasteiger charge is 2.16. The molecule has 0 atom stereocenters. The van der Waals surface area contributed by atoms with E-state index in [1.54, 1.807) is 0 Å². The van der Waals surface area contributed by atoms with Crippen molar-refractivity contribution in [2.75, 3.05) is 0 Å². The first-order chi connectivity index (χ1) is 22.2. The molecule has 45 heavy (non-hydrogen) atoms. The van der Waals surface area contributed by atoms with Crippen molar-refractivity contribution in [1.29, 1.82) is 0 Å². The van der Waals surface area contributed by atoms with Crippen LogP contribution in [0.2, 0.25) is 0 Å². The Balaban J connectivity index is 1.22. The van der Waals surface area contributed by atoms with E-state index in [1.165, 1.54) is 10.8 Å². The van der Waals surface area contributed by atoms with Gasteiger partial charge in [0.15, 0.2) is 17.5 Å². The Labute approximate surface area is 259 Å². The fourth-order valence-electron chi connectivity index (χ4n) is 6.16. The van der Waals surface area contributed by atoms with Crippen LogP contribution in [0.4, 0.5) is 0 Å². The van der Waals surface area contributed by atoms with Crippen LogP contribution in [0.3, 0.4) is 0 Å². The van der Waals surface area contributed by atoms with Gasteiger partial charge in [-0.15, -0.1) is 0 Å². The Morgan fingerprint density at radius 2 is 0.844 bits per heavy atom. The Hall–Kier alpha value is -6.13. The second-order valence-electron chi connectivity index (χ2n) is 11.3. The van der Waals surface area contributed by atoms with E-state index in [2.05, 4.69) is 140 Å². The zero-order valence-corrected chi connectivity index (χ0v) is 24.2. The van der Waals surface area contributed by atoms with Gasteiger partial charge in [-0.1, -0.05) is 115 Å². The number of hydrogen-bond donors (Lipinski definition) is 0. The minimum atomic E-state index is 0.598. The maximum Gasteiger partial charge on any atom is 0.164 e.